The molecule has 122 valence electrons. The molecule has 1 amide bonds. The molecule has 0 aromatic heterocycles. The van der Waals surface area contributed by atoms with Crippen LogP contribution in [0.1, 0.15) is 25.3 Å². The molecular formula is C17H26N2O3. The van der Waals surface area contributed by atoms with E-state index in [0.717, 1.165) is 50.4 Å². The van der Waals surface area contributed by atoms with Crippen LogP contribution in [-0.4, -0.2) is 50.7 Å². The van der Waals surface area contributed by atoms with Crippen LogP contribution < -0.4 is 14.8 Å². The third kappa shape index (κ3) is 4.63. The predicted molar refractivity (Wildman–Crippen MR) is 86.5 cm³/mol. The summed E-state index contributed by atoms with van der Waals surface area (Å²) >= 11 is 0. The molecule has 0 bridgehead atoms. The number of nitrogens with zero attached hydrogens (tertiary/aromatic N) is 1. The number of likely N-dealkylation sites (tertiary alicyclic amines) is 1. The highest BCUT2D eigenvalue weighted by Crippen LogP contribution is 2.27. The van der Waals surface area contributed by atoms with Crippen molar-refractivity contribution in [3.8, 4) is 11.5 Å². The van der Waals surface area contributed by atoms with Gasteiger partial charge in [0.25, 0.3) is 0 Å². The number of methoxy groups -OCH3 is 2. The zero-order valence-electron chi connectivity index (χ0n) is 13.7. The highest BCUT2D eigenvalue weighted by Gasteiger charge is 2.19. The highest BCUT2D eigenvalue weighted by atomic mass is 16.5. The van der Waals surface area contributed by atoms with E-state index in [1.165, 1.54) is 5.56 Å². The molecule has 0 atom stereocenters. The fraction of sp³-hybridized carbons (Fsp3) is 0.588. The summed E-state index contributed by atoms with van der Waals surface area (Å²) in [4.78, 5) is 13.5. The number of carbonyl (C=O) groups excluding carboxylic acids is 1. The second-order valence-electron chi connectivity index (χ2n) is 5.76. The van der Waals surface area contributed by atoms with Crippen LogP contribution in [0, 0.1) is 0 Å². The summed E-state index contributed by atoms with van der Waals surface area (Å²) in [7, 11) is 3.31. The van der Waals surface area contributed by atoms with Gasteiger partial charge in [0.05, 0.1) is 14.2 Å². The second-order valence-corrected chi connectivity index (χ2v) is 5.76. The molecule has 0 saturated carbocycles. The average molecular weight is 306 g/mol. The molecule has 1 aromatic rings. The summed E-state index contributed by atoms with van der Waals surface area (Å²) in [6.07, 6.45) is 3.06. The standard InChI is InChI=1S/C17H26N2O3/c1-13(20)18-15-7-10-19(11-8-15)9-6-14-4-5-16(21-2)17(12-14)22-3/h4-5,12,15H,6-11H2,1-3H3,(H,18,20). The second kappa shape index (κ2) is 8.03. The molecular weight excluding hydrogens is 280 g/mol. The number of nitrogens with one attached hydrogen (secondary N) is 1. The van der Waals surface area contributed by atoms with Gasteiger partial charge in [-0.15, -0.1) is 0 Å². The van der Waals surface area contributed by atoms with E-state index >= 15 is 0 Å². The lowest BCUT2D eigenvalue weighted by Gasteiger charge is -2.32. The van der Waals surface area contributed by atoms with Crippen LogP contribution in [0.25, 0.3) is 0 Å². The molecule has 1 aliphatic heterocycles. The van der Waals surface area contributed by atoms with Gasteiger partial charge in [-0.05, 0) is 37.0 Å². The minimum absolute atomic E-state index is 0.0729. The average Bonchev–Trinajstić information content (AvgIpc) is 2.53. The Bertz CT molecular complexity index is 497. The van der Waals surface area contributed by atoms with E-state index in [1.54, 1.807) is 21.1 Å². The van der Waals surface area contributed by atoms with Gasteiger partial charge >= 0.3 is 0 Å². The Morgan fingerprint density at radius 3 is 2.50 bits per heavy atom. The van der Waals surface area contributed by atoms with Crippen molar-refractivity contribution >= 4 is 5.91 Å². The largest absolute Gasteiger partial charge is 0.493 e. The Labute approximate surface area is 132 Å². The van der Waals surface area contributed by atoms with Crippen molar-refractivity contribution in [1.29, 1.82) is 0 Å². The highest BCUT2D eigenvalue weighted by molar-refractivity contribution is 5.73. The zero-order chi connectivity index (χ0) is 15.9. The Kier molecular flexibility index (Phi) is 6.07. The monoisotopic (exact) mass is 306 g/mol. The van der Waals surface area contributed by atoms with Crippen LogP contribution in [-0.2, 0) is 11.2 Å². The number of rotatable bonds is 6. The van der Waals surface area contributed by atoms with Crippen LogP contribution in [0.4, 0.5) is 0 Å². The number of carbonyl (C=O) groups is 1. The van der Waals surface area contributed by atoms with Crippen LogP contribution in [0.3, 0.4) is 0 Å². The van der Waals surface area contributed by atoms with Gasteiger partial charge < -0.3 is 19.7 Å². The molecule has 0 radical (unpaired) electrons. The molecule has 5 heteroatoms. The van der Waals surface area contributed by atoms with Gasteiger partial charge in [-0.2, -0.15) is 0 Å². The normalized spacial score (nSPS) is 16.3. The van der Waals surface area contributed by atoms with E-state index in [2.05, 4.69) is 16.3 Å². The first kappa shape index (κ1) is 16.6. The van der Waals surface area contributed by atoms with E-state index < -0.39 is 0 Å². The van der Waals surface area contributed by atoms with Gasteiger partial charge in [0.2, 0.25) is 5.91 Å². The van der Waals surface area contributed by atoms with Gasteiger partial charge in [0, 0.05) is 32.6 Å². The summed E-state index contributed by atoms with van der Waals surface area (Å²) in [6, 6.07) is 6.43. The molecule has 0 aliphatic carbocycles. The van der Waals surface area contributed by atoms with E-state index in [-0.39, 0.29) is 5.91 Å². The summed E-state index contributed by atoms with van der Waals surface area (Å²) in [5.74, 6) is 1.62. The van der Waals surface area contributed by atoms with Gasteiger partial charge in [0.1, 0.15) is 0 Å². The summed E-state index contributed by atoms with van der Waals surface area (Å²) in [5, 5.41) is 3.01. The van der Waals surface area contributed by atoms with E-state index in [0.29, 0.717) is 6.04 Å². The molecule has 1 N–H and O–H groups in total. The van der Waals surface area contributed by atoms with Crippen molar-refractivity contribution in [3.05, 3.63) is 23.8 Å². The van der Waals surface area contributed by atoms with Crippen LogP contribution >= 0.6 is 0 Å². The lowest BCUT2D eigenvalue weighted by Crippen LogP contribution is -2.44. The Morgan fingerprint density at radius 2 is 1.91 bits per heavy atom. The quantitative estimate of drug-likeness (QED) is 0.871. The van der Waals surface area contributed by atoms with E-state index in [9.17, 15) is 4.79 Å². The van der Waals surface area contributed by atoms with Crippen molar-refractivity contribution in [1.82, 2.24) is 10.2 Å². The number of hydrogen-bond acceptors (Lipinski definition) is 4. The summed E-state index contributed by atoms with van der Waals surface area (Å²) in [5.41, 5.74) is 1.25. The maximum absolute atomic E-state index is 11.1. The van der Waals surface area contributed by atoms with Crippen molar-refractivity contribution in [2.75, 3.05) is 33.9 Å². The van der Waals surface area contributed by atoms with Crippen molar-refractivity contribution in [2.45, 2.75) is 32.2 Å². The topological polar surface area (TPSA) is 50.8 Å². The maximum atomic E-state index is 11.1. The first-order chi connectivity index (χ1) is 10.6. The molecule has 1 aliphatic rings. The SMILES string of the molecule is COc1ccc(CCN2CCC(NC(C)=O)CC2)cc1OC. The predicted octanol–water partition coefficient (Wildman–Crippen LogP) is 1.85. The van der Waals surface area contributed by atoms with Crippen molar-refractivity contribution in [2.24, 2.45) is 0 Å². The molecule has 5 nitrogen and oxygen atoms in total. The molecule has 0 unspecified atom stereocenters. The van der Waals surface area contributed by atoms with Crippen LogP contribution in [0.5, 0.6) is 11.5 Å². The lowest BCUT2D eigenvalue weighted by atomic mass is 10.0. The summed E-state index contributed by atoms with van der Waals surface area (Å²) < 4.78 is 10.6. The fourth-order valence-corrected chi connectivity index (χ4v) is 2.91. The molecule has 0 spiro atoms. The number of ether oxygens (including phenoxy) is 2. The molecule has 1 aromatic carbocycles. The van der Waals surface area contributed by atoms with Crippen LogP contribution in [0.2, 0.25) is 0 Å². The maximum Gasteiger partial charge on any atom is 0.217 e. The molecule has 22 heavy (non-hydrogen) atoms. The molecule has 1 fully saturated rings. The lowest BCUT2D eigenvalue weighted by molar-refractivity contribution is -0.119. The number of benzene rings is 1. The van der Waals surface area contributed by atoms with Crippen molar-refractivity contribution in [3.63, 3.8) is 0 Å². The van der Waals surface area contributed by atoms with Gasteiger partial charge in [-0.3, -0.25) is 4.79 Å². The van der Waals surface area contributed by atoms with Crippen molar-refractivity contribution < 1.29 is 14.3 Å². The first-order valence-corrected chi connectivity index (χ1v) is 7.82. The van der Waals surface area contributed by atoms with E-state index in [4.69, 9.17) is 9.47 Å². The number of amides is 1. The van der Waals surface area contributed by atoms with Crippen LogP contribution in [0.15, 0.2) is 18.2 Å². The Morgan fingerprint density at radius 1 is 1.23 bits per heavy atom. The van der Waals surface area contributed by atoms with Gasteiger partial charge in [0.15, 0.2) is 11.5 Å². The zero-order valence-corrected chi connectivity index (χ0v) is 13.7. The Hall–Kier alpha value is -1.75. The third-order valence-electron chi connectivity index (χ3n) is 4.16. The van der Waals surface area contributed by atoms with Gasteiger partial charge in [-0.1, -0.05) is 6.07 Å². The molecule has 1 saturated heterocycles. The summed E-state index contributed by atoms with van der Waals surface area (Å²) in [6.45, 7) is 4.70. The van der Waals surface area contributed by atoms with E-state index in [1.807, 2.05) is 12.1 Å². The number of hydrogen-bond donors (Lipinski definition) is 1. The Balaban J connectivity index is 1.80. The third-order valence-corrected chi connectivity index (χ3v) is 4.16. The molecule has 2 rings (SSSR count). The molecule has 1 heterocycles. The van der Waals surface area contributed by atoms with Gasteiger partial charge in [-0.25, -0.2) is 0 Å². The fourth-order valence-electron chi connectivity index (χ4n) is 2.91. The number of piperidine rings is 1. The smallest absolute Gasteiger partial charge is 0.217 e. The minimum atomic E-state index is 0.0729. The first-order valence-electron chi connectivity index (χ1n) is 7.82. The minimum Gasteiger partial charge on any atom is -0.493 e.